The van der Waals surface area contributed by atoms with E-state index in [4.69, 9.17) is 4.74 Å². The number of nitrogens with zero attached hydrogens (tertiary/aromatic N) is 3. The number of methoxy groups -OCH3 is 1. The predicted octanol–water partition coefficient (Wildman–Crippen LogP) is 2.96. The Morgan fingerprint density at radius 3 is 2.56 bits per heavy atom. The molecule has 2 aromatic carbocycles. The van der Waals surface area contributed by atoms with Crippen molar-refractivity contribution in [3.05, 3.63) is 65.7 Å². The Morgan fingerprint density at radius 2 is 1.75 bits per heavy atom. The van der Waals surface area contributed by atoms with E-state index in [0.717, 1.165) is 50.3 Å². The zero-order valence-corrected chi connectivity index (χ0v) is 18.9. The molecular weight excluding hydrogens is 402 g/mol. The van der Waals surface area contributed by atoms with Crippen LogP contribution < -0.4 is 4.74 Å². The maximum Gasteiger partial charge on any atom is 0.240 e. The van der Waals surface area contributed by atoms with Crippen LogP contribution >= 0.6 is 0 Å². The first-order valence-electron chi connectivity index (χ1n) is 11.6. The number of carbonyl (C=O) groups excluding carboxylic acids is 2. The fourth-order valence-electron chi connectivity index (χ4n) is 4.83. The topological polar surface area (TPSA) is 53.1 Å². The average Bonchev–Trinajstić information content (AvgIpc) is 3.02. The van der Waals surface area contributed by atoms with Crippen molar-refractivity contribution in [3.8, 4) is 5.75 Å². The minimum Gasteiger partial charge on any atom is -0.496 e. The van der Waals surface area contributed by atoms with Crippen molar-refractivity contribution < 1.29 is 14.3 Å². The van der Waals surface area contributed by atoms with Gasteiger partial charge in [-0.1, -0.05) is 48.5 Å². The molecule has 4 rings (SSSR count). The molecule has 2 aliphatic rings. The molecule has 0 saturated carbocycles. The highest BCUT2D eigenvalue weighted by molar-refractivity contribution is 5.84. The fraction of sp³-hybridized carbons (Fsp3) is 0.462. The summed E-state index contributed by atoms with van der Waals surface area (Å²) in [6.07, 6.45) is 2.93. The van der Waals surface area contributed by atoms with Crippen LogP contribution in [-0.4, -0.2) is 72.4 Å². The molecule has 2 fully saturated rings. The highest BCUT2D eigenvalue weighted by Gasteiger charge is 2.36. The van der Waals surface area contributed by atoms with Crippen LogP contribution in [-0.2, 0) is 22.6 Å². The summed E-state index contributed by atoms with van der Waals surface area (Å²) in [6, 6.07) is 18.0. The number of ether oxygens (including phenoxy) is 1. The number of benzene rings is 2. The van der Waals surface area contributed by atoms with Crippen molar-refractivity contribution in [1.29, 1.82) is 0 Å². The minimum absolute atomic E-state index is 0.0534. The highest BCUT2D eigenvalue weighted by atomic mass is 16.5. The van der Waals surface area contributed by atoms with Gasteiger partial charge in [0, 0.05) is 45.7 Å². The van der Waals surface area contributed by atoms with E-state index < -0.39 is 0 Å². The number of rotatable bonds is 7. The van der Waals surface area contributed by atoms with Gasteiger partial charge in [-0.25, -0.2) is 0 Å². The van der Waals surface area contributed by atoms with E-state index in [1.165, 1.54) is 5.56 Å². The standard InChI is InChI=1S/C26H33N3O3/c1-32-24-11-6-5-10-22(24)12-13-25(30)28-16-7-15-27(18-19-28)23-14-17-29(26(23)31)20-21-8-3-2-4-9-21/h2-6,8-11,23H,7,12-20H2,1H3/t23-/m0/s1. The molecule has 0 aromatic heterocycles. The Kier molecular flexibility index (Phi) is 7.43. The van der Waals surface area contributed by atoms with Crippen LogP contribution in [0.25, 0.3) is 0 Å². The number of aryl methyl sites for hydroxylation is 1. The molecule has 0 N–H and O–H groups in total. The second-order valence-corrected chi connectivity index (χ2v) is 8.63. The molecule has 6 heteroatoms. The fourth-order valence-corrected chi connectivity index (χ4v) is 4.83. The van der Waals surface area contributed by atoms with Gasteiger partial charge < -0.3 is 14.5 Å². The summed E-state index contributed by atoms with van der Waals surface area (Å²) in [7, 11) is 1.66. The SMILES string of the molecule is COc1ccccc1CCC(=O)N1CCCN([C@H]2CCN(Cc3ccccc3)C2=O)CC1. The van der Waals surface area contributed by atoms with Crippen LogP contribution in [0.1, 0.15) is 30.4 Å². The second-order valence-electron chi connectivity index (χ2n) is 8.63. The van der Waals surface area contributed by atoms with Crippen molar-refractivity contribution in [3.63, 3.8) is 0 Å². The van der Waals surface area contributed by atoms with Gasteiger partial charge in [-0.3, -0.25) is 14.5 Å². The van der Waals surface area contributed by atoms with E-state index in [0.29, 0.717) is 25.9 Å². The third-order valence-corrected chi connectivity index (χ3v) is 6.61. The average molecular weight is 436 g/mol. The van der Waals surface area contributed by atoms with E-state index >= 15 is 0 Å². The summed E-state index contributed by atoms with van der Waals surface area (Å²) < 4.78 is 5.40. The Hall–Kier alpha value is -2.86. The van der Waals surface area contributed by atoms with E-state index in [9.17, 15) is 9.59 Å². The lowest BCUT2D eigenvalue weighted by molar-refractivity contribution is -0.132. The molecule has 0 spiro atoms. The first kappa shape index (κ1) is 22.3. The number of likely N-dealkylation sites (tertiary alicyclic amines) is 1. The molecule has 170 valence electrons. The van der Waals surface area contributed by atoms with Crippen molar-refractivity contribution in [2.45, 2.75) is 38.3 Å². The monoisotopic (exact) mass is 435 g/mol. The summed E-state index contributed by atoms with van der Waals surface area (Å²) in [5.41, 5.74) is 2.24. The quantitative estimate of drug-likeness (QED) is 0.671. The first-order chi connectivity index (χ1) is 15.7. The number of amides is 2. The van der Waals surface area contributed by atoms with Gasteiger partial charge in [0.25, 0.3) is 0 Å². The highest BCUT2D eigenvalue weighted by Crippen LogP contribution is 2.22. The molecular formula is C26H33N3O3. The van der Waals surface area contributed by atoms with Crippen LogP contribution in [0.4, 0.5) is 0 Å². The predicted molar refractivity (Wildman–Crippen MR) is 124 cm³/mol. The number of para-hydroxylation sites is 1. The summed E-state index contributed by atoms with van der Waals surface area (Å²) in [5.74, 6) is 1.24. The Morgan fingerprint density at radius 1 is 0.969 bits per heavy atom. The van der Waals surface area contributed by atoms with Gasteiger partial charge in [-0.05, 0) is 36.5 Å². The summed E-state index contributed by atoms with van der Waals surface area (Å²) >= 11 is 0. The first-order valence-corrected chi connectivity index (χ1v) is 11.6. The van der Waals surface area contributed by atoms with Crippen molar-refractivity contribution >= 4 is 11.8 Å². The van der Waals surface area contributed by atoms with Crippen molar-refractivity contribution in [1.82, 2.24) is 14.7 Å². The minimum atomic E-state index is -0.0534. The van der Waals surface area contributed by atoms with Crippen LogP contribution in [0.5, 0.6) is 5.75 Å². The summed E-state index contributed by atoms with van der Waals surface area (Å²) in [4.78, 5) is 32.1. The molecule has 0 bridgehead atoms. The Balaban J connectivity index is 1.28. The molecule has 6 nitrogen and oxygen atoms in total. The maximum absolute atomic E-state index is 13.0. The van der Waals surface area contributed by atoms with Crippen molar-refractivity contribution in [2.75, 3.05) is 39.8 Å². The summed E-state index contributed by atoms with van der Waals surface area (Å²) in [6.45, 7) is 4.55. The largest absolute Gasteiger partial charge is 0.496 e. The summed E-state index contributed by atoms with van der Waals surface area (Å²) in [5, 5.41) is 0. The Bertz CT molecular complexity index is 918. The van der Waals surface area contributed by atoms with E-state index in [2.05, 4.69) is 17.0 Å². The van der Waals surface area contributed by atoms with Crippen molar-refractivity contribution in [2.24, 2.45) is 0 Å². The number of hydrogen-bond donors (Lipinski definition) is 0. The van der Waals surface area contributed by atoms with Crippen LogP contribution in [0.15, 0.2) is 54.6 Å². The van der Waals surface area contributed by atoms with E-state index in [-0.39, 0.29) is 17.9 Å². The lowest BCUT2D eigenvalue weighted by Crippen LogP contribution is -2.44. The molecule has 2 aliphatic heterocycles. The molecule has 0 unspecified atom stereocenters. The van der Waals surface area contributed by atoms with Gasteiger partial charge in [-0.15, -0.1) is 0 Å². The number of carbonyl (C=O) groups is 2. The molecule has 2 heterocycles. The maximum atomic E-state index is 13.0. The zero-order valence-electron chi connectivity index (χ0n) is 18.9. The molecule has 1 atom stereocenters. The molecule has 0 aliphatic carbocycles. The van der Waals surface area contributed by atoms with Crippen LogP contribution in [0.2, 0.25) is 0 Å². The number of hydrogen-bond acceptors (Lipinski definition) is 4. The van der Waals surface area contributed by atoms with Gasteiger partial charge >= 0.3 is 0 Å². The lowest BCUT2D eigenvalue weighted by atomic mass is 10.1. The third-order valence-electron chi connectivity index (χ3n) is 6.61. The lowest BCUT2D eigenvalue weighted by Gasteiger charge is -2.26. The molecule has 32 heavy (non-hydrogen) atoms. The van der Waals surface area contributed by atoms with Gasteiger partial charge in [0.2, 0.25) is 11.8 Å². The third kappa shape index (κ3) is 5.30. The van der Waals surface area contributed by atoms with Gasteiger partial charge in [-0.2, -0.15) is 0 Å². The van der Waals surface area contributed by atoms with E-state index in [1.807, 2.05) is 52.3 Å². The van der Waals surface area contributed by atoms with Gasteiger partial charge in [0.1, 0.15) is 5.75 Å². The zero-order chi connectivity index (χ0) is 22.3. The van der Waals surface area contributed by atoms with Crippen LogP contribution in [0, 0.1) is 0 Å². The Labute approximate surface area is 190 Å². The normalized spacial score (nSPS) is 19.8. The van der Waals surface area contributed by atoms with Crippen LogP contribution in [0.3, 0.4) is 0 Å². The molecule has 0 radical (unpaired) electrons. The van der Waals surface area contributed by atoms with Gasteiger partial charge in [0.05, 0.1) is 13.2 Å². The smallest absolute Gasteiger partial charge is 0.240 e. The molecule has 2 aromatic rings. The van der Waals surface area contributed by atoms with Gasteiger partial charge in [0.15, 0.2) is 0 Å². The second kappa shape index (κ2) is 10.6. The molecule has 2 amide bonds. The van der Waals surface area contributed by atoms with E-state index in [1.54, 1.807) is 7.11 Å². The molecule has 2 saturated heterocycles.